The van der Waals surface area contributed by atoms with E-state index >= 15 is 0 Å². The molecule has 0 fully saturated rings. The number of nitrogens with one attached hydrogen (secondary N) is 1. The molecule has 0 aromatic carbocycles. The van der Waals surface area contributed by atoms with E-state index in [1.165, 1.54) is 5.56 Å². The molecule has 1 N–H and O–H groups in total. The first-order valence-electron chi connectivity index (χ1n) is 7.20. The van der Waals surface area contributed by atoms with Crippen molar-refractivity contribution in [3.63, 3.8) is 0 Å². The van der Waals surface area contributed by atoms with Crippen molar-refractivity contribution >= 4 is 11.0 Å². The average Bonchev–Trinajstić information content (AvgIpc) is 3.08. The summed E-state index contributed by atoms with van der Waals surface area (Å²) >= 11 is 0. The molecule has 0 radical (unpaired) electrons. The molecular formula is C15H20N6. The highest BCUT2D eigenvalue weighted by Gasteiger charge is 2.06. The van der Waals surface area contributed by atoms with Crippen LogP contribution in [0.5, 0.6) is 0 Å². The van der Waals surface area contributed by atoms with E-state index in [2.05, 4.69) is 26.6 Å². The number of hydrogen-bond acceptors (Lipinski definition) is 4. The van der Waals surface area contributed by atoms with E-state index < -0.39 is 0 Å². The van der Waals surface area contributed by atoms with Gasteiger partial charge >= 0.3 is 0 Å². The fraction of sp³-hybridized carbons (Fsp3) is 0.400. The Bertz CT molecular complexity index is 713. The van der Waals surface area contributed by atoms with Crippen molar-refractivity contribution < 1.29 is 0 Å². The molecule has 0 amide bonds. The smallest absolute Gasteiger partial charge is 0.157 e. The van der Waals surface area contributed by atoms with Crippen LogP contribution in [0.3, 0.4) is 0 Å². The number of hydrogen-bond donors (Lipinski definition) is 1. The van der Waals surface area contributed by atoms with Crippen molar-refractivity contribution in [2.75, 3.05) is 6.54 Å². The van der Waals surface area contributed by atoms with E-state index in [0.29, 0.717) is 0 Å². The van der Waals surface area contributed by atoms with Crippen LogP contribution in [0.2, 0.25) is 0 Å². The maximum absolute atomic E-state index is 4.49. The average molecular weight is 284 g/mol. The highest BCUT2D eigenvalue weighted by atomic mass is 15.3. The molecule has 3 heterocycles. The maximum Gasteiger partial charge on any atom is 0.157 e. The molecule has 0 saturated heterocycles. The minimum atomic E-state index is 0.830. The minimum absolute atomic E-state index is 0.830. The van der Waals surface area contributed by atoms with E-state index in [-0.39, 0.29) is 0 Å². The van der Waals surface area contributed by atoms with Crippen LogP contribution in [0.25, 0.3) is 11.0 Å². The quantitative estimate of drug-likeness (QED) is 0.699. The molecule has 3 aromatic rings. The van der Waals surface area contributed by atoms with Crippen molar-refractivity contribution in [1.82, 2.24) is 29.9 Å². The third-order valence-electron chi connectivity index (χ3n) is 3.55. The van der Waals surface area contributed by atoms with Crippen molar-refractivity contribution in [3.8, 4) is 0 Å². The van der Waals surface area contributed by atoms with Gasteiger partial charge in [0.1, 0.15) is 0 Å². The zero-order valence-corrected chi connectivity index (χ0v) is 12.5. The third kappa shape index (κ3) is 3.11. The van der Waals surface area contributed by atoms with Crippen LogP contribution in [0.4, 0.5) is 0 Å². The van der Waals surface area contributed by atoms with Gasteiger partial charge in [-0.05, 0) is 37.6 Å². The van der Waals surface area contributed by atoms with Gasteiger partial charge in [-0.15, -0.1) is 0 Å². The Morgan fingerprint density at radius 2 is 2.24 bits per heavy atom. The molecule has 0 aliphatic heterocycles. The number of pyridine rings is 1. The lowest BCUT2D eigenvalue weighted by Gasteiger charge is -2.05. The Kier molecular flexibility index (Phi) is 3.96. The third-order valence-corrected chi connectivity index (χ3v) is 3.55. The highest BCUT2D eigenvalue weighted by molar-refractivity contribution is 5.78. The Labute approximate surface area is 123 Å². The minimum Gasteiger partial charge on any atom is -0.313 e. The second-order valence-corrected chi connectivity index (χ2v) is 5.22. The summed E-state index contributed by atoms with van der Waals surface area (Å²) in [5, 5.41) is 13.2. The number of fused-ring (bicyclic) bond motifs is 1. The maximum atomic E-state index is 4.49. The zero-order valence-electron chi connectivity index (χ0n) is 12.5. The predicted octanol–water partition coefficient (Wildman–Crippen LogP) is 1.65. The van der Waals surface area contributed by atoms with E-state index in [9.17, 15) is 0 Å². The van der Waals surface area contributed by atoms with Gasteiger partial charge in [0, 0.05) is 44.1 Å². The van der Waals surface area contributed by atoms with Gasteiger partial charge < -0.3 is 5.32 Å². The van der Waals surface area contributed by atoms with Crippen LogP contribution in [0, 0.1) is 6.92 Å². The Morgan fingerprint density at radius 3 is 3.05 bits per heavy atom. The van der Waals surface area contributed by atoms with Gasteiger partial charge in [-0.2, -0.15) is 10.2 Å². The standard InChI is InChI=1S/C15H20N6/c1-12-14-9-13(11-17-15(14)20(2)19-12)10-16-5-3-7-21-8-4-6-18-21/h4,6,8-9,11,16H,3,5,7,10H2,1-2H3. The molecule has 0 spiro atoms. The monoisotopic (exact) mass is 284 g/mol. The Hall–Kier alpha value is -2.21. The predicted molar refractivity (Wildman–Crippen MR) is 81.8 cm³/mol. The Balaban J connectivity index is 1.52. The molecule has 3 rings (SSSR count). The molecule has 6 nitrogen and oxygen atoms in total. The summed E-state index contributed by atoms with van der Waals surface area (Å²) in [4.78, 5) is 4.49. The largest absolute Gasteiger partial charge is 0.313 e. The summed E-state index contributed by atoms with van der Waals surface area (Å²) in [7, 11) is 1.93. The van der Waals surface area contributed by atoms with E-state index in [0.717, 1.165) is 42.8 Å². The molecule has 0 aliphatic rings. The fourth-order valence-electron chi connectivity index (χ4n) is 2.48. The van der Waals surface area contributed by atoms with E-state index in [1.54, 1.807) is 0 Å². The molecule has 0 bridgehead atoms. The Morgan fingerprint density at radius 1 is 1.33 bits per heavy atom. The number of rotatable bonds is 6. The molecule has 0 atom stereocenters. The lowest BCUT2D eigenvalue weighted by molar-refractivity contribution is 0.543. The summed E-state index contributed by atoms with van der Waals surface area (Å²) in [6.45, 7) is 4.75. The van der Waals surface area contributed by atoms with Gasteiger partial charge in [0.2, 0.25) is 0 Å². The van der Waals surface area contributed by atoms with Crippen molar-refractivity contribution in [1.29, 1.82) is 0 Å². The molecule has 21 heavy (non-hydrogen) atoms. The van der Waals surface area contributed by atoms with Gasteiger partial charge in [-0.3, -0.25) is 9.36 Å². The van der Waals surface area contributed by atoms with Crippen LogP contribution in [0.1, 0.15) is 17.7 Å². The summed E-state index contributed by atoms with van der Waals surface area (Å²) in [6.07, 6.45) is 6.78. The van der Waals surface area contributed by atoms with Crippen molar-refractivity contribution in [3.05, 3.63) is 42.0 Å². The topological polar surface area (TPSA) is 60.6 Å². The first-order chi connectivity index (χ1) is 10.2. The molecule has 0 saturated carbocycles. The first kappa shape index (κ1) is 13.8. The van der Waals surface area contributed by atoms with Gasteiger partial charge in [-0.1, -0.05) is 0 Å². The van der Waals surface area contributed by atoms with Crippen LogP contribution >= 0.6 is 0 Å². The first-order valence-corrected chi connectivity index (χ1v) is 7.20. The summed E-state index contributed by atoms with van der Waals surface area (Å²) < 4.78 is 3.78. The SMILES string of the molecule is Cc1nn(C)c2ncc(CNCCCn3cccn3)cc12. The lowest BCUT2D eigenvalue weighted by atomic mass is 10.2. The zero-order chi connectivity index (χ0) is 14.7. The second kappa shape index (κ2) is 6.05. The molecule has 6 heteroatoms. The van der Waals surface area contributed by atoms with E-state index in [1.807, 2.05) is 48.0 Å². The second-order valence-electron chi connectivity index (χ2n) is 5.22. The number of aromatic nitrogens is 5. The van der Waals surface area contributed by atoms with Crippen LogP contribution in [-0.2, 0) is 20.1 Å². The summed E-state index contributed by atoms with van der Waals surface area (Å²) in [6, 6.07) is 4.12. The van der Waals surface area contributed by atoms with Crippen LogP contribution in [0.15, 0.2) is 30.7 Å². The highest BCUT2D eigenvalue weighted by Crippen LogP contribution is 2.16. The van der Waals surface area contributed by atoms with Crippen molar-refractivity contribution in [2.45, 2.75) is 26.4 Å². The normalized spacial score (nSPS) is 11.3. The van der Waals surface area contributed by atoms with Crippen LogP contribution < -0.4 is 5.32 Å². The molecule has 3 aromatic heterocycles. The molecule has 110 valence electrons. The summed E-state index contributed by atoms with van der Waals surface area (Å²) in [5.41, 5.74) is 3.16. The van der Waals surface area contributed by atoms with E-state index in [4.69, 9.17) is 0 Å². The van der Waals surface area contributed by atoms with Gasteiger partial charge in [-0.25, -0.2) is 4.98 Å². The van der Waals surface area contributed by atoms with Gasteiger partial charge in [0.15, 0.2) is 5.65 Å². The van der Waals surface area contributed by atoms with Gasteiger partial charge in [0.05, 0.1) is 5.69 Å². The number of nitrogens with zero attached hydrogens (tertiary/aromatic N) is 5. The molecular weight excluding hydrogens is 264 g/mol. The van der Waals surface area contributed by atoms with Crippen molar-refractivity contribution in [2.24, 2.45) is 7.05 Å². The molecule has 0 aliphatic carbocycles. The fourth-order valence-corrected chi connectivity index (χ4v) is 2.48. The summed E-state index contributed by atoms with van der Waals surface area (Å²) in [5.74, 6) is 0. The van der Waals surface area contributed by atoms with Gasteiger partial charge in [0.25, 0.3) is 0 Å². The van der Waals surface area contributed by atoms with Crippen LogP contribution in [-0.4, -0.2) is 31.1 Å². The number of aryl methyl sites for hydroxylation is 3. The lowest BCUT2D eigenvalue weighted by Crippen LogP contribution is -2.16. The molecule has 0 unspecified atom stereocenters.